The van der Waals surface area contributed by atoms with E-state index in [0.717, 1.165) is 3.57 Å². The molecule has 0 heterocycles. The molecule has 0 bridgehead atoms. The third-order valence-corrected chi connectivity index (χ3v) is 2.39. The minimum atomic E-state index is -0.156. The molecule has 12 heavy (non-hydrogen) atoms. The second-order valence-corrected chi connectivity index (χ2v) is 3.86. The Hall–Kier alpha value is -0.290. The molecule has 0 fully saturated rings. The number of rotatable bonds is 1. The summed E-state index contributed by atoms with van der Waals surface area (Å²) in [5.74, 6) is -0.156. The van der Waals surface area contributed by atoms with Crippen molar-refractivity contribution in [1.82, 2.24) is 5.32 Å². The molecule has 2 nitrogen and oxygen atoms in total. The normalized spacial score (nSPS) is 9.58. The smallest absolute Gasteiger partial charge is 0.252 e. The van der Waals surface area contributed by atoms with Gasteiger partial charge in [0.25, 0.3) is 5.91 Å². The molecule has 1 rings (SSSR count). The van der Waals surface area contributed by atoms with Crippen LogP contribution in [0, 0.1) is 3.57 Å². The van der Waals surface area contributed by atoms with Gasteiger partial charge in [-0.2, -0.15) is 0 Å². The maximum absolute atomic E-state index is 11.1. The summed E-state index contributed by atoms with van der Waals surface area (Å²) >= 11 is 7.98. The average molecular weight is 296 g/mol. The lowest BCUT2D eigenvalue weighted by atomic mass is 10.2. The quantitative estimate of drug-likeness (QED) is 0.792. The first-order chi connectivity index (χ1) is 5.65. The summed E-state index contributed by atoms with van der Waals surface area (Å²) < 4.78 is 1.02. The molecule has 0 spiro atoms. The van der Waals surface area contributed by atoms with E-state index in [9.17, 15) is 4.79 Å². The van der Waals surface area contributed by atoms with Crippen LogP contribution >= 0.6 is 34.2 Å². The topological polar surface area (TPSA) is 29.1 Å². The van der Waals surface area contributed by atoms with E-state index in [4.69, 9.17) is 11.6 Å². The van der Waals surface area contributed by atoms with E-state index in [1.807, 2.05) is 6.07 Å². The number of halogens is 2. The van der Waals surface area contributed by atoms with Gasteiger partial charge < -0.3 is 5.32 Å². The first-order valence-electron chi connectivity index (χ1n) is 3.32. The van der Waals surface area contributed by atoms with E-state index >= 15 is 0 Å². The molecule has 1 N–H and O–H groups in total. The number of amides is 1. The van der Waals surface area contributed by atoms with Crippen LogP contribution in [0.25, 0.3) is 0 Å². The number of nitrogens with one attached hydrogen (secondary N) is 1. The van der Waals surface area contributed by atoms with Crippen molar-refractivity contribution in [2.24, 2.45) is 0 Å². The Morgan fingerprint density at radius 1 is 1.58 bits per heavy atom. The lowest BCUT2D eigenvalue weighted by molar-refractivity contribution is 0.0963. The standard InChI is InChI=1S/C8H7ClINO/c1-11-8(12)6-3-2-5(10)4-7(6)9/h2-4H,1H3,(H,11,12). The largest absolute Gasteiger partial charge is 0.355 e. The Morgan fingerprint density at radius 2 is 2.25 bits per heavy atom. The van der Waals surface area contributed by atoms with Crippen LogP contribution in [0.4, 0.5) is 0 Å². The van der Waals surface area contributed by atoms with Gasteiger partial charge in [-0.3, -0.25) is 4.79 Å². The SMILES string of the molecule is CNC(=O)c1ccc(I)cc1Cl. The summed E-state index contributed by atoms with van der Waals surface area (Å²) in [5, 5.41) is 3.00. The first-order valence-corrected chi connectivity index (χ1v) is 4.78. The van der Waals surface area contributed by atoms with Crippen molar-refractivity contribution in [2.45, 2.75) is 0 Å². The molecule has 64 valence electrons. The van der Waals surface area contributed by atoms with E-state index < -0.39 is 0 Å². The molecule has 0 aliphatic carbocycles. The summed E-state index contributed by atoms with van der Waals surface area (Å²) in [4.78, 5) is 11.1. The third kappa shape index (κ3) is 2.10. The molecule has 0 atom stereocenters. The monoisotopic (exact) mass is 295 g/mol. The van der Waals surface area contributed by atoms with Gasteiger partial charge >= 0.3 is 0 Å². The molecule has 4 heteroatoms. The van der Waals surface area contributed by atoms with Gasteiger partial charge in [-0.15, -0.1) is 0 Å². The molecule has 1 aromatic carbocycles. The third-order valence-electron chi connectivity index (χ3n) is 1.40. The Kier molecular flexibility index (Phi) is 3.34. The van der Waals surface area contributed by atoms with Crippen molar-refractivity contribution < 1.29 is 4.79 Å². The van der Waals surface area contributed by atoms with Crippen molar-refractivity contribution in [3.05, 3.63) is 32.4 Å². The van der Waals surface area contributed by atoms with Crippen molar-refractivity contribution in [3.63, 3.8) is 0 Å². The van der Waals surface area contributed by atoms with E-state index in [2.05, 4.69) is 27.9 Å². The number of carbonyl (C=O) groups is 1. The minimum Gasteiger partial charge on any atom is -0.355 e. The average Bonchev–Trinajstić information content (AvgIpc) is 2.03. The summed E-state index contributed by atoms with van der Waals surface area (Å²) in [6.07, 6.45) is 0. The van der Waals surface area contributed by atoms with Crippen molar-refractivity contribution in [3.8, 4) is 0 Å². The van der Waals surface area contributed by atoms with Crippen LogP contribution in [0.15, 0.2) is 18.2 Å². The van der Waals surface area contributed by atoms with E-state index in [0.29, 0.717) is 10.6 Å². The summed E-state index contributed by atoms with van der Waals surface area (Å²) in [6.45, 7) is 0. The van der Waals surface area contributed by atoms with E-state index in [1.165, 1.54) is 0 Å². The van der Waals surface area contributed by atoms with Crippen LogP contribution in [-0.4, -0.2) is 13.0 Å². The number of carbonyl (C=O) groups excluding carboxylic acids is 1. The van der Waals surface area contributed by atoms with Gasteiger partial charge in [-0.05, 0) is 40.8 Å². The van der Waals surface area contributed by atoms with Gasteiger partial charge in [0.1, 0.15) is 0 Å². The molecule has 0 saturated carbocycles. The van der Waals surface area contributed by atoms with Crippen molar-refractivity contribution in [2.75, 3.05) is 7.05 Å². The molecule has 0 aromatic heterocycles. The number of benzene rings is 1. The lowest BCUT2D eigenvalue weighted by Gasteiger charge is -2.01. The van der Waals surface area contributed by atoms with E-state index in [1.54, 1.807) is 19.2 Å². The second-order valence-electron chi connectivity index (χ2n) is 2.20. The molecule has 1 aromatic rings. The summed E-state index contributed by atoms with van der Waals surface area (Å²) in [6, 6.07) is 5.31. The molecule has 0 saturated heterocycles. The lowest BCUT2D eigenvalue weighted by Crippen LogP contribution is -2.18. The van der Waals surface area contributed by atoms with Crippen LogP contribution in [-0.2, 0) is 0 Å². The van der Waals surface area contributed by atoms with Crippen LogP contribution in [0.2, 0.25) is 5.02 Å². The van der Waals surface area contributed by atoms with Crippen molar-refractivity contribution >= 4 is 40.1 Å². The summed E-state index contributed by atoms with van der Waals surface area (Å²) in [7, 11) is 1.58. The van der Waals surface area contributed by atoms with Gasteiger partial charge in [0.15, 0.2) is 0 Å². The Balaban J connectivity index is 3.09. The van der Waals surface area contributed by atoms with Gasteiger partial charge in [0.05, 0.1) is 10.6 Å². The molecule has 0 unspecified atom stereocenters. The summed E-state index contributed by atoms with van der Waals surface area (Å²) in [5.41, 5.74) is 0.514. The fraction of sp³-hybridized carbons (Fsp3) is 0.125. The Morgan fingerprint density at radius 3 is 2.75 bits per heavy atom. The van der Waals surface area contributed by atoms with Crippen LogP contribution in [0.1, 0.15) is 10.4 Å². The molecular formula is C8H7ClINO. The molecule has 0 aliphatic rings. The highest BCUT2D eigenvalue weighted by Crippen LogP contribution is 2.18. The second kappa shape index (κ2) is 4.09. The zero-order valence-electron chi connectivity index (χ0n) is 6.40. The Labute approximate surface area is 89.4 Å². The van der Waals surface area contributed by atoms with Gasteiger partial charge in [0.2, 0.25) is 0 Å². The predicted molar refractivity (Wildman–Crippen MR) is 57.6 cm³/mol. The van der Waals surface area contributed by atoms with Gasteiger partial charge in [0, 0.05) is 10.6 Å². The molecular weight excluding hydrogens is 288 g/mol. The maximum Gasteiger partial charge on any atom is 0.252 e. The predicted octanol–water partition coefficient (Wildman–Crippen LogP) is 2.30. The van der Waals surface area contributed by atoms with Crippen LogP contribution < -0.4 is 5.32 Å². The van der Waals surface area contributed by atoms with Crippen molar-refractivity contribution in [1.29, 1.82) is 0 Å². The fourth-order valence-electron chi connectivity index (χ4n) is 0.808. The number of hydrogen-bond donors (Lipinski definition) is 1. The Bertz CT molecular complexity index is 314. The minimum absolute atomic E-state index is 0.156. The fourth-order valence-corrected chi connectivity index (χ4v) is 1.75. The highest BCUT2D eigenvalue weighted by atomic mass is 127. The highest BCUT2D eigenvalue weighted by Gasteiger charge is 2.07. The first kappa shape index (κ1) is 9.80. The zero-order valence-corrected chi connectivity index (χ0v) is 9.31. The van der Waals surface area contributed by atoms with Crippen LogP contribution in [0.3, 0.4) is 0 Å². The van der Waals surface area contributed by atoms with Gasteiger partial charge in [-0.25, -0.2) is 0 Å². The van der Waals surface area contributed by atoms with E-state index in [-0.39, 0.29) is 5.91 Å². The molecule has 0 aliphatic heterocycles. The molecule has 0 radical (unpaired) electrons. The number of hydrogen-bond acceptors (Lipinski definition) is 1. The van der Waals surface area contributed by atoms with Gasteiger partial charge in [-0.1, -0.05) is 11.6 Å². The highest BCUT2D eigenvalue weighted by molar-refractivity contribution is 14.1. The van der Waals surface area contributed by atoms with Crippen LogP contribution in [0.5, 0.6) is 0 Å². The molecule has 1 amide bonds. The zero-order chi connectivity index (χ0) is 9.14. The maximum atomic E-state index is 11.1.